The normalized spacial score (nSPS) is 12.2. The maximum absolute atomic E-state index is 2.57. The van der Waals surface area contributed by atoms with Crippen LogP contribution < -0.4 is 10.4 Å². The molecular weight excluding hydrogens is 969 g/mol. The maximum atomic E-state index is 2.57. The van der Waals surface area contributed by atoms with Gasteiger partial charge in [-0.25, -0.2) is 0 Å². The summed E-state index contributed by atoms with van der Waals surface area (Å²) < 4.78 is 0. The Morgan fingerprint density at radius 3 is 0.744 bits per heavy atom. The highest BCUT2D eigenvalue weighted by Crippen LogP contribution is 2.49. The van der Waals surface area contributed by atoms with E-state index in [9.17, 15) is 0 Å². The molecule has 78 heavy (non-hydrogen) atoms. The van der Waals surface area contributed by atoms with Gasteiger partial charge in [-0.1, -0.05) is 292 Å². The van der Waals surface area contributed by atoms with Crippen LogP contribution >= 0.6 is 0 Å². The average Bonchev–Trinajstić information content (AvgIpc) is 3.67. The maximum Gasteiger partial charge on any atom is 0.0776 e. The quantitative estimate of drug-likeness (QED) is 0.0998. The third-order valence-electron chi connectivity index (χ3n) is 16.8. The highest BCUT2D eigenvalue weighted by atomic mass is 28.3. The SMILES string of the molecule is C[Si](C)(C)c1cc(-c2cc(-c3ccc(-c4cccc5ccccc45)cc3)c3ccc4c(-c5ccc(-c6cccc7ccccc67)cc5)cc(-c5ccc(-c6cccc7ccccc67)cc5)c5ccc2c3c45)cc([Si](C)(C)C)c1. The molecule has 0 atom stereocenters. The molecule has 0 nitrogen and oxygen atoms in total. The molecule has 0 bridgehead atoms. The molecule has 0 fully saturated rings. The van der Waals surface area contributed by atoms with E-state index in [4.69, 9.17) is 0 Å². The Labute approximate surface area is 460 Å². The predicted octanol–water partition coefficient (Wildman–Crippen LogP) is 20.8. The lowest BCUT2D eigenvalue weighted by Gasteiger charge is -2.26. The van der Waals surface area contributed by atoms with Crippen molar-refractivity contribution in [2.24, 2.45) is 0 Å². The summed E-state index contributed by atoms with van der Waals surface area (Å²) in [5, 5.41) is 18.4. The molecule has 14 aromatic carbocycles. The second-order valence-electron chi connectivity index (χ2n) is 23.6. The zero-order valence-corrected chi connectivity index (χ0v) is 47.2. The van der Waals surface area contributed by atoms with E-state index >= 15 is 0 Å². The summed E-state index contributed by atoms with van der Waals surface area (Å²) in [6.45, 7) is 15.0. The molecule has 0 radical (unpaired) electrons. The topological polar surface area (TPSA) is 0 Å². The molecule has 0 saturated carbocycles. The van der Waals surface area contributed by atoms with Crippen LogP contribution in [0.4, 0.5) is 0 Å². The third kappa shape index (κ3) is 8.18. The van der Waals surface area contributed by atoms with Crippen LogP contribution in [0.1, 0.15) is 0 Å². The van der Waals surface area contributed by atoms with Crippen molar-refractivity contribution in [1.29, 1.82) is 0 Å². The van der Waals surface area contributed by atoms with E-state index in [-0.39, 0.29) is 0 Å². The van der Waals surface area contributed by atoms with E-state index in [0.717, 1.165) is 0 Å². The van der Waals surface area contributed by atoms with Gasteiger partial charge in [0.15, 0.2) is 0 Å². The smallest absolute Gasteiger partial charge is 0.0656 e. The van der Waals surface area contributed by atoms with Gasteiger partial charge in [0, 0.05) is 0 Å². The molecule has 0 spiro atoms. The summed E-state index contributed by atoms with van der Waals surface area (Å²) in [4.78, 5) is 0. The Bertz CT molecular complexity index is 4450. The van der Waals surface area contributed by atoms with E-state index in [0.29, 0.717) is 0 Å². The fourth-order valence-electron chi connectivity index (χ4n) is 12.5. The summed E-state index contributed by atoms with van der Waals surface area (Å²) in [6, 6.07) is 96.7. The number of benzene rings is 14. The minimum absolute atomic E-state index is 1.21. The standard InChI is InChI=1S/C76H60Si2/c1-77(2,3)59-44-58(45-60(46-59)78(4,5)6)74-48-73(57-38-32-54(33-39-57)66-27-15-21-51-18-9-12-24-63(51)66)69-41-40-67-71(55-34-28-52(29-35-55)64-25-13-19-49-16-7-10-22-61(49)64)47-72(68-42-43-70(74)76(69)75(67)68)56-36-30-53(31-37-56)65-26-14-20-50-17-8-11-23-62(50)65/h7-48H,1-6H3. The fourth-order valence-corrected chi connectivity index (χ4v) is 15.0. The van der Waals surface area contributed by atoms with Gasteiger partial charge in [0.2, 0.25) is 0 Å². The zero-order valence-electron chi connectivity index (χ0n) is 45.2. The van der Waals surface area contributed by atoms with E-state index in [1.54, 1.807) is 0 Å². The first-order valence-corrected chi connectivity index (χ1v) is 34.6. The Morgan fingerprint density at radius 1 is 0.192 bits per heavy atom. The van der Waals surface area contributed by atoms with Gasteiger partial charge in [0.05, 0.1) is 16.1 Å². The lowest BCUT2D eigenvalue weighted by Crippen LogP contribution is -2.45. The van der Waals surface area contributed by atoms with Gasteiger partial charge in [-0.3, -0.25) is 0 Å². The second kappa shape index (κ2) is 18.5. The molecule has 0 aliphatic rings. The number of rotatable bonds is 9. The van der Waals surface area contributed by atoms with Crippen molar-refractivity contribution >= 4 is 91.2 Å². The average molecular weight is 1030 g/mol. The highest BCUT2D eigenvalue weighted by Gasteiger charge is 2.26. The van der Waals surface area contributed by atoms with Gasteiger partial charge in [-0.05, 0) is 155 Å². The van der Waals surface area contributed by atoms with Crippen molar-refractivity contribution in [2.75, 3.05) is 0 Å². The van der Waals surface area contributed by atoms with E-state index < -0.39 is 16.1 Å². The third-order valence-corrected chi connectivity index (χ3v) is 20.8. The Kier molecular flexibility index (Phi) is 11.3. The zero-order chi connectivity index (χ0) is 52.9. The predicted molar refractivity (Wildman–Crippen MR) is 347 cm³/mol. The molecule has 0 N–H and O–H groups in total. The molecule has 0 unspecified atom stereocenters. The highest BCUT2D eigenvalue weighted by molar-refractivity contribution is 6.91. The lowest BCUT2D eigenvalue weighted by molar-refractivity contribution is 1.60. The lowest BCUT2D eigenvalue weighted by atomic mass is 9.81. The van der Waals surface area contributed by atoms with Crippen molar-refractivity contribution in [3.8, 4) is 77.9 Å². The van der Waals surface area contributed by atoms with Gasteiger partial charge in [0.25, 0.3) is 0 Å². The number of hydrogen-bond donors (Lipinski definition) is 0. The van der Waals surface area contributed by atoms with Crippen LogP contribution in [-0.4, -0.2) is 16.1 Å². The minimum atomic E-state index is -1.72. The van der Waals surface area contributed by atoms with Crippen molar-refractivity contribution in [3.05, 3.63) is 255 Å². The van der Waals surface area contributed by atoms with Crippen LogP contribution in [0.5, 0.6) is 0 Å². The molecular formula is C76H60Si2. The van der Waals surface area contributed by atoms with Crippen LogP contribution in [0.15, 0.2) is 255 Å². The molecule has 14 aromatic rings. The van der Waals surface area contributed by atoms with E-state index in [2.05, 4.69) is 294 Å². The molecule has 372 valence electrons. The van der Waals surface area contributed by atoms with Crippen LogP contribution in [0.3, 0.4) is 0 Å². The van der Waals surface area contributed by atoms with Gasteiger partial charge in [-0.15, -0.1) is 0 Å². The first-order chi connectivity index (χ1) is 37.9. The van der Waals surface area contributed by atoms with E-state index in [1.807, 2.05) is 0 Å². The molecule has 0 amide bonds. The molecule has 2 heteroatoms. The number of hydrogen-bond acceptors (Lipinski definition) is 0. The van der Waals surface area contributed by atoms with E-state index in [1.165, 1.54) is 153 Å². The summed E-state index contributed by atoms with van der Waals surface area (Å²) in [5.41, 5.74) is 17.4. The first-order valence-electron chi connectivity index (χ1n) is 27.6. The molecule has 0 aliphatic heterocycles. The van der Waals surface area contributed by atoms with Gasteiger partial charge < -0.3 is 0 Å². The van der Waals surface area contributed by atoms with Crippen molar-refractivity contribution in [1.82, 2.24) is 0 Å². The molecule has 0 saturated heterocycles. The summed E-state index contributed by atoms with van der Waals surface area (Å²) >= 11 is 0. The molecule has 0 aromatic heterocycles. The van der Waals surface area contributed by atoms with Crippen molar-refractivity contribution in [3.63, 3.8) is 0 Å². The Balaban J connectivity index is 1.04. The second-order valence-corrected chi connectivity index (χ2v) is 33.8. The van der Waals surface area contributed by atoms with Crippen molar-refractivity contribution < 1.29 is 0 Å². The van der Waals surface area contributed by atoms with Gasteiger partial charge in [-0.2, -0.15) is 0 Å². The molecule has 14 rings (SSSR count). The summed E-state index contributed by atoms with van der Waals surface area (Å²) in [6.07, 6.45) is 0. The number of fused-ring (bicyclic) bond motifs is 3. The van der Waals surface area contributed by atoms with Crippen LogP contribution in [0.2, 0.25) is 39.3 Å². The van der Waals surface area contributed by atoms with Gasteiger partial charge in [0.1, 0.15) is 0 Å². The van der Waals surface area contributed by atoms with Gasteiger partial charge >= 0.3 is 0 Å². The fraction of sp³-hybridized carbons (Fsp3) is 0.0789. The first kappa shape index (κ1) is 47.8. The Hall–Kier alpha value is -8.67. The molecule has 0 aliphatic carbocycles. The minimum Gasteiger partial charge on any atom is -0.0656 e. The Morgan fingerprint density at radius 2 is 0.449 bits per heavy atom. The summed E-state index contributed by atoms with van der Waals surface area (Å²) in [7, 11) is -3.44. The largest absolute Gasteiger partial charge is 0.0776 e. The van der Waals surface area contributed by atoms with Crippen LogP contribution in [0.25, 0.3) is 143 Å². The van der Waals surface area contributed by atoms with Crippen molar-refractivity contribution in [2.45, 2.75) is 39.3 Å². The van der Waals surface area contributed by atoms with Crippen LogP contribution in [0, 0.1) is 0 Å². The molecule has 0 heterocycles. The van der Waals surface area contributed by atoms with Crippen LogP contribution in [-0.2, 0) is 0 Å². The summed E-state index contributed by atoms with van der Waals surface area (Å²) in [5.74, 6) is 0. The monoisotopic (exact) mass is 1030 g/mol.